The number of ketones is 1. The maximum Gasteiger partial charge on any atom is 0.219 e. The van der Waals surface area contributed by atoms with Crippen LogP contribution in [0, 0.1) is 24.4 Å². The van der Waals surface area contributed by atoms with Gasteiger partial charge in [0.05, 0.1) is 41.8 Å². The second-order valence-electron chi connectivity index (χ2n) is 9.77. The van der Waals surface area contributed by atoms with E-state index in [1.54, 1.807) is 6.92 Å². The third kappa shape index (κ3) is 5.77. The summed E-state index contributed by atoms with van der Waals surface area (Å²) >= 11 is 0. The van der Waals surface area contributed by atoms with Gasteiger partial charge in [0, 0.05) is 23.6 Å². The highest BCUT2D eigenvalue weighted by atomic mass is 32.2. The molecule has 5 rings (SSSR count). The summed E-state index contributed by atoms with van der Waals surface area (Å²) in [5.41, 5.74) is 8.62. The number of nitrogens with two attached hydrogens (primary N) is 1. The number of carbonyl (C=O) groups excluding carboxylic acids is 1. The maximum atomic E-state index is 14.7. The number of nitrogens with zero attached hydrogens (tertiary/aromatic N) is 3. The highest BCUT2D eigenvalue weighted by Crippen LogP contribution is 2.32. The lowest BCUT2D eigenvalue weighted by molar-refractivity contribution is 0.103. The van der Waals surface area contributed by atoms with E-state index in [2.05, 4.69) is 10.1 Å². The van der Waals surface area contributed by atoms with Crippen molar-refractivity contribution in [1.82, 2.24) is 14.8 Å². The number of allylic oxidation sites excluding steroid dienone is 1. The number of halogens is 4. The molecule has 0 unspecified atom stereocenters. The predicted octanol–water partition coefficient (Wildman–Crippen LogP) is 5.46. The van der Waals surface area contributed by atoms with Crippen LogP contribution in [0.5, 0.6) is 11.6 Å². The van der Waals surface area contributed by atoms with Crippen molar-refractivity contribution in [3.05, 3.63) is 99.6 Å². The number of alkyl halides is 1. The molecule has 0 saturated heterocycles. The fourth-order valence-corrected chi connectivity index (χ4v) is 6.02. The van der Waals surface area contributed by atoms with Crippen molar-refractivity contribution in [3.63, 3.8) is 0 Å². The van der Waals surface area contributed by atoms with E-state index in [0.717, 1.165) is 6.07 Å². The summed E-state index contributed by atoms with van der Waals surface area (Å²) in [4.78, 5) is 17.5. The number of aromatic nitrogens is 3. The Bertz CT molecular complexity index is 1850. The van der Waals surface area contributed by atoms with E-state index in [1.165, 1.54) is 53.5 Å². The van der Waals surface area contributed by atoms with E-state index >= 15 is 0 Å². The summed E-state index contributed by atoms with van der Waals surface area (Å²) in [6, 6.07) is 7.59. The van der Waals surface area contributed by atoms with Crippen LogP contribution in [0.1, 0.15) is 39.0 Å². The van der Waals surface area contributed by atoms with E-state index in [-0.39, 0.29) is 47.2 Å². The molecule has 0 amide bonds. The topological polar surface area (TPSA) is 117 Å². The smallest absolute Gasteiger partial charge is 0.219 e. The van der Waals surface area contributed by atoms with E-state index in [0.29, 0.717) is 28.0 Å². The number of hydrogen-bond acceptors (Lipinski definition) is 7. The monoisotopic (exact) mass is 600 g/mol. The number of carbonyl (C=O) groups is 1. The second-order valence-corrected chi connectivity index (χ2v) is 12.0. The normalized spacial score (nSPS) is 12.7. The van der Waals surface area contributed by atoms with Gasteiger partial charge in [0.15, 0.2) is 27.2 Å². The number of sulfone groups is 1. The number of rotatable bonds is 10. The first-order valence-corrected chi connectivity index (χ1v) is 14.5. The average molecular weight is 601 g/mol. The lowest BCUT2D eigenvalue weighted by Gasteiger charge is -2.11. The number of Topliss-reactive ketones (excluding diaryl/α,β-unsaturated/α-hetero) is 1. The summed E-state index contributed by atoms with van der Waals surface area (Å²) in [5, 5.41) is 4.22. The number of anilines is 1. The van der Waals surface area contributed by atoms with Crippen molar-refractivity contribution in [1.29, 1.82) is 0 Å². The Balaban J connectivity index is 1.34. The zero-order chi connectivity index (χ0) is 30.2. The molecule has 42 heavy (non-hydrogen) atoms. The van der Waals surface area contributed by atoms with Gasteiger partial charge in [-0.3, -0.25) is 9.18 Å². The van der Waals surface area contributed by atoms with Crippen LogP contribution in [-0.2, 0) is 22.0 Å². The van der Waals surface area contributed by atoms with Gasteiger partial charge in [0.1, 0.15) is 11.6 Å². The van der Waals surface area contributed by atoms with Crippen molar-refractivity contribution in [2.24, 2.45) is 0 Å². The van der Waals surface area contributed by atoms with Gasteiger partial charge < -0.3 is 10.5 Å². The van der Waals surface area contributed by atoms with Gasteiger partial charge in [-0.05, 0) is 54.3 Å². The maximum absolute atomic E-state index is 14.7. The van der Waals surface area contributed by atoms with Crippen LogP contribution in [0.4, 0.5) is 23.4 Å². The first-order chi connectivity index (χ1) is 20.0. The van der Waals surface area contributed by atoms with Crippen molar-refractivity contribution in [2.75, 3.05) is 18.2 Å². The van der Waals surface area contributed by atoms with Crippen molar-refractivity contribution in [3.8, 4) is 17.3 Å². The Kier molecular flexibility index (Phi) is 7.87. The Morgan fingerprint density at radius 2 is 1.90 bits per heavy atom. The molecule has 0 aliphatic heterocycles. The molecule has 2 N–H and O–H groups in total. The van der Waals surface area contributed by atoms with Crippen LogP contribution in [-0.4, -0.2) is 41.4 Å². The molecule has 1 aliphatic carbocycles. The molecule has 1 aliphatic rings. The van der Waals surface area contributed by atoms with Gasteiger partial charge in [-0.15, -0.1) is 0 Å². The summed E-state index contributed by atoms with van der Waals surface area (Å²) < 4.78 is 85.7. The van der Waals surface area contributed by atoms with Gasteiger partial charge in [0.2, 0.25) is 11.7 Å². The molecule has 0 fully saturated rings. The zero-order valence-electron chi connectivity index (χ0n) is 22.2. The Labute approximate surface area is 238 Å². The third-order valence-electron chi connectivity index (χ3n) is 6.74. The summed E-state index contributed by atoms with van der Waals surface area (Å²) in [6.45, 7) is 0.906. The molecule has 0 spiro atoms. The van der Waals surface area contributed by atoms with Crippen molar-refractivity contribution >= 4 is 27.5 Å². The van der Waals surface area contributed by atoms with Gasteiger partial charge in [-0.2, -0.15) is 9.49 Å². The minimum Gasteiger partial charge on any atom is -0.436 e. The van der Waals surface area contributed by atoms with E-state index < -0.39 is 45.5 Å². The molecule has 8 nitrogen and oxygen atoms in total. The quantitative estimate of drug-likeness (QED) is 0.190. The zero-order valence-corrected chi connectivity index (χ0v) is 23.0. The highest BCUT2D eigenvalue weighted by molar-refractivity contribution is 7.90. The van der Waals surface area contributed by atoms with Crippen LogP contribution in [0.2, 0.25) is 0 Å². The van der Waals surface area contributed by atoms with Crippen molar-refractivity contribution < 1.29 is 35.5 Å². The molecule has 218 valence electrons. The van der Waals surface area contributed by atoms with Gasteiger partial charge in [0.25, 0.3) is 0 Å². The second kappa shape index (κ2) is 11.4. The van der Waals surface area contributed by atoms with E-state index in [9.17, 15) is 30.8 Å². The van der Waals surface area contributed by atoms with Crippen LogP contribution < -0.4 is 10.5 Å². The number of aryl methyl sites for hydroxylation is 1. The minimum absolute atomic E-state index is 0.00142. The van der Waals surface area contributed by atoms with Gasteiger partial charge in [-0.1, -0.05) is 12.1 Å². The summed E-state index contributed by atoms with van der Waals surface area (Å²) in [6.07, 6.45) is 4.13. The molecule has 2 aromatic heterocycles. The molecule has 0 atom stereocenters. The number of ether oxygens (including phenoxy) is 1. The van der Waals surface area contributed by atoms with Crippen LogP contribution in [0.3, 0.4) is 0 Å². The number of nitrogen functional groups attached to an aromatic ring is 1. The molecule has 0 radical (unpaired) electrons. The minimum atomic E-state index is -3.70. The average Bonchev–Trinajstić information content (AvgIpc) is 3.53. The molecule has 0 bridgehead atoms. The van der Waals surface area contributed by atoms with Crippen LogP contribution in [0.15, 0.2) is 54.4 Å². The summed E-state index contributed by atoms with van der Waals surface area (Å²) in [5.74, 6) is -4.67. The Hall–Kier alpha value is -4.52. The van der Waals surface area contributed by atoms with Crippen LogP contribution in [0.25, 0.3) is 11.8 Å². The molecule has 13 heteroatoms. The SMILES string of the molecule is Cc1cc(Oc2cccc(F)c2F)ncc1-n1ncc(C(=O)C2=Cc3cc(F)c(CS(=O)(=O)CCCF)cc3C2)c1N. The largest absolute Gasteiger partial charge is 0.436 e. The Morgan fingerprint density at radius 3 is 2.64 bits per heavy atom. The lowest BCUT2D eigenvalue weighted by atomic mass is 10.0. The standard InChI is InChI=1S/C29H24F4N4O4S/c1-16-8-26(41-25-5-2-4-22(31)27(25)33)35-14-24(16)37-29(34)21(13-36-37)28(38)19-9-17-11-20(23(32)12-18(17)10-19)15-42(39,40)7-3-6-30/h2,4-5,8,10-14H,3,6-7,9,15,34H2,1H3. The lowest BCUT2D eigenvalue weighted by Crippen LogP contribution is -2.11. The van der Waals surface area contributed by atoms with Crippen LogP contribution >= 0.6 is 0 Å². The molecule has 0 saturated carbocycles. The first kappa shape index (κ1) is 29.0. The molecular weight excluding hydrogens is 576 g/mol. The van der Waals surface area contributed by atoms with Crippen molar-refractivity contribution in [2.45, 2.75) is 25.5 Å². The molecule has 2 aromatic carbocycles. The number of pyridine rings is 1. The third-order valence-corrected chi connectivity index (χ3v) is 8.40. The number of fused-ring (bicyclic) bond motifs is 1. The molecule has 4 aromatic rings. The Morgan fingerprint density at radius 1 is 1.12 bits per heavy atom. The van der Waals surface area contributed by atoms with E-state index in [1.807, 2.05) is 0 Å². The van der Waals surface area contributed by atoms with E-state index in [4.69, 9.17) is 10.5 Å². The number of hydrogen-bond donors (Lipinski definition) is 1. The molecule has 2 heterocycles. The molecular formula is C29H24F4N4O4S. The van der Waals surface area contributed by atoms with Gasteiger partial charge in [-0.25, -0.2) is 26.9 Å². The first-order valence-electron chi connectivity index (χ1n) is 12.7. The fourth-order valence-electron chi connectivity index (χ4n) is 4.63. The number of benzene rings is 2. The highest BCUT2D eigenvalue weighted by Gasteiger charge is 2.26. The predicted molar refractivity (Wildman–Crippen MR) is 147 cm³/mol. The summed E-state index contributed by atoms with van der Waals surface area (Å²) in [7, 11) is -3.70. The van der Waals surface area contributed by atoms with Gasteiger partial charge >= 0.3 is 0 Å². The fraction of sp³-hybridized carbons (Fsp3) is 0.207.